The topological polar surface area (TPSA) is 86.9 Å². The van der Waals surface area contributed by atoms with Gasteiger partial charge in [-0.05, 0) is 48.0 Å². The van der Waals surface area contributed by atoms with Gasteiger partial charge in [-0.1, -0.05) is 46.3 Å². The van der Waals surface area contributed by atoms with E-state index in [4.69, 9.17) is 0 Å². The van der Waals surface area contributed by atoms with Crippen LogP contribution < -0.4 is 10.2 Å². The summed E-state index contributed by atoms with van der Waals surface area (Å²) in [4.78, 5) is 13.0. The lowest BCUT2D eigenvalue weighted by Gasteiger charge is -2.10. The molecule has 0 aliphatic carbocycles. The molecule has 0 saturated carbocycles. The molecule has 1 aromatic heterocycles. The van der Waals surface area contributed by atoms with Gasteiger partial charge in [-0.3, -0.25) is 9.36 Å². The van der Waals surface area contributed by atoms with Crippen LogP contribution in [0.5, 0.6) is 11.5 Å². The number of amides is 1. The standard InChI is InChI=1S/C22H16BrN3O3S/c23-15-6-8-16(9-7-15)26-19(14-4-2-1-3-5-14)13-30-22(26)25-24-21(29)18-12-17(27)10-11-20(18)28/h1-13,27-28H,(H,24,29)/b25-22+. The number of aromatic hydroxyl groups is 2. The number of nitrogens with one attached hydrogen (secondary N) is 1. The Bertz CT molecular complexity index is 1270. The van der Waals surface area contributed by atoms with E-state index in [2.05, 4.69) is 26.5 Å². The number of thiazole rings is 1. The van der Waals surface area contributed by atoms with Gasteiger partial charge >= 0.3 is 0 Å². The van der Waals surface area contributed by atoms with E-state index in [1.807, 2.05) is 64.5 Å². The van der Waals surface area contributed by atoms with Gasteiger partial charge in [-0.25, -0.2) is 5.43 Å². The zero-order chi connectivity index (χ0) is 21.1. The Morgan fingerprint density at radius 1 is 1.00 bits per heavy atom. The summed E-state index contributed by atoms with van der Waals surface area (Å²) in [5.41, 5.74) is 5.22. The fraction of sp³-hybridized carbons (Fsp3) is 0. The molecule has 0 radical (unpaired) electrons. The van der Waals surface area contributed by atoms with Gasteiger partial charge in [0.05, 0.1) is 11.3 Å². The first kappa shape index (κ1) is 19.9. The maximum absolute atomic E-state index is 12.5. The van der Waals surface area contributed by atoms with Crippen LogP contribution in [-0.2, 0) is 0 Å². The first-order valence-electron chi connectivity index (χ1n) is 8.91. The van der Waals surface area contributed by atoms with Gasteiger partial charge in [0.25, 0.3) is 5.91 Å². The summed E-state index contributed by atoms with van der Waals surface area (Å²) in [7, 11) is 0. The molecule has 0 bridgehead atoms. The monoisotopic (exact) mass is 481 g/mol. The molecular weight excluding hydrogens is 466 g/mol. The van der Waals surface area contributed by atoms with Crippen LogP contribution in [0.4, 0.5) is 0 Å². The van der Waals surface area contributed by atoms with Gasteiger partial charge < -0.3 is 10.2 Å². The number of hydrogen-bond acceptors (Lipinski definition) is 5. The van der Waals surface area contributed by atoms with E-state index >= 15 is 0 Å². The molecule has 0 unspecified atom stereocenters. The van der Waals surface area contributed by atoms with E-state index in [-0.39, 0.29) is 17.1 Å². The van der Waals surface area contributed by atoms with Gasteiger partial charge in [-0.2, -0.15) is 0 Å². The van der Waals surface area contributed by atoms with E-state index in [9.17, 15) is 15.0 Å². The van der Waals surface area contributed by atoms with E-state index in [0.29, 0.717) is 4.80 Å². The van der Waals surface area contributed by atoms with E-state index in [0.717, 1.165) is 21.4 Å². The molecule has 8 heteroatoms. The number of carbonyl (C=O) groups excluding carboxylic acids is 1. The Hall–Kier alpha value is -3.36. The number of hydrogen-bond donors (Lipinski definition) is 3. The number of halogens is 1. The molecule has 6 nitrogen and oxygen atoms in total. The fourth-order valence-corrected chi connectivity index (χ4v) is 4.03. The second kappa shape index (κ2) is 8.56. The highest BCUT2D eigenvalue weighted by molar-refractivity contribution is 9.10. The summed E-state index contributed by atoms with van der Waals surface area (Å²) in [6, 6.07) is 21.4. The second-order valence-corrected chi connectivity index (χ2v) is 8.09. The number of phenolic OH excluding ortho intramolecular Hbond substituents is 2. The smallest absolute Gasteiger partial charge is 0.275 e. The van der Waals surface area contributed by atoms with Gasteiger partial charge in [0.15, 0.2) is 0 Å². The minimum absolute atomic E-state index is 0.0613. The number of nitrogens with zero attached hydrogens (tertiary/aromatic N) is 2. The third-order valence-electron chi connectivity index (χ3n) is 4.34. The first-order chi connectivity index (χ1) is 14.5. The lowest BCUT2D eigenvalue weighted by atomic mass is 10.1. The van der Waals surface area contributed by atoms with Crippen LogP contribution in [0.3, 0.4) is 0 Å². The number of phenols is 2. The molecule has 0 saturated heterocycles. The average molecular weight is 482 g/mol. The van der Waals surface area contributed by atoms with E-state index in [1.165, 1.54) is 29.5 Å². The molecule has 4 rings (SSSR count). The van der Waals surface area contributed by atoms with Gasteiger partial charge in [0.1, 0.15) is 11.5 Å². The maximum Gasteiger partial charge on any atom is 0.275 e. The van der Waals surface area contributed by atoms with Crippen LogP contribution in [0, 0.1) is 0 Å². The molecule has 0 spiro atoms. The van der Waals surface area contributed by atoms with E-state index in [1.54, 1.807) is 0 Å². The Kier molecular flexibility index (Phi) is 5.69. The first-order valence-corrected chi connectivity index (χ1v) is 10.6. The highest BCUT2D eigenvalue weighted by Gasteiger charge is 2.13. The molecule has 30 heavy (non-hydrogen) atoms. The van der Waals surface area contributed by atoms with Crippen molar-refractivity contribution in [3.63, 3.8) is 0 Å². The summed E-state index contributed by atoms with van der Waals surface area (Å²) < 4.78 is 2.89. The quantitative estimate of drug-likeness (QED) is 0.293. The van der Waals surface area contributed by atoms with Crippen molar-refractivity contribution in [1.29, 1.82) is 0 Å². The molecule has 3 N–H and O–H groups in total. The van der Waals surface area contributed by atoms with Crippen molar-refractivity contribution in [2.75, 3.05) is 0 Å². The lowest BCUT2D eigenvalue weighted by molar-refractivity contribution is 0.0950. The Morgan fingerprint density at radius 2 is 1.73 bits per heavy atom. The highest BCUT2D eigenvalue weighted by Crippen LogP contribution is 2.24. The summed E-state index contributed by atoms with van der Waals surface area (Å²) >= 11 is 4.82. The molecule has 0 atom stereocenters. The summed E-state index contributed by atoms with van der Waals surface area (Å²) in [5.74, 6) is -0.983. The van der Waals surface area contributed by atoms with Crippen LogP contribution in [-0.4, -0.2) is 20.7 Å². The second-order valence-electron chi connectivity index (χ2n) is 6.34. The lowest BCUT2D eigenvalue weighted by Crippen LogP contribution is -2.24. The largest absolute Gasteiger partial charge is 0.508 e. The summed E-state index contributed by atoms with van der Waals surface area (Å²) in [6.45, 7) is 0. The van der Waals surface area contributed by atoms with Crippen LogP contribution >= 0.6 is 27.3 Å². The third kappa shape index (κ3) is 4.14. The predicted molar refractivity (Wildman–Crippen MR) is 120 cm³/mol. The van der Waals surface area contributed by atoms with Gasteiger partial charge in [0, 0.05) is 15.5 Å². The molecule has 3 aromatic carbocycles. The van der Waals surface area contributed by atoms with Crippen molar-refractivity contribution in [1.82, 2.24) is 9.99 Å². The van der Waals surface area contributed by atoms with Crippen molar-refractivity contribution in [2.24, 2.45) is 5.10 Å². The normalized spacial score (nSPS) is 11.4. The predicted octanol–water partition coefficient (Wildman–Crippen LogP) is 4.63. The van der Waals surface area contributed by atoms with Gasteiger partial charge in [0.2, 0.25) is 4.80 Å². The fourth-order valence-electron chi connectivity index (χ4n) is 2.90. The van der Waals surface area contributed by atoms with Crippen molar-refractivity contribution in [3.8, 4) is 28.4 Å². The van der Waals surface area contributed by atoms with Crippen molar-refractivity contribution in [3.05, 3.63) is 93.0 Å². The SMILES string of the molecule is O=C(N/N=c1/scc(-c2ccccc2)n1-c1ccc(Br)cc1)c1cc(O)ccc1O. The molecule has 1 heterocycles. The average Bonchev–Trinajstić information content (AvgIpc) is 3.19. The molecule has 150 valence electrons. The molecule has 0 fully saturated rings. The summed E-state index contributed by atoms with van der Waals surface area (Å²) in [5, 5.41) is 25.7. The number of rotatable bonds is 4. The molecule has 0 aliphatic heterocycles. The minimum atomic E-state index is -0.625. The van der Waals surface area contributed by atoms with Crippen molar-refractivity contribution >= 4 is 33.2 Å². The molecule has 1 amide bonds. The molecular formula is C22H16BrN3O3S. The highest BCUT2D eigenvalue weighted by atomic mass is 79.9. The Morgan fingerprint density at radius 3 is 2.47 bits per heavy atom. The zero-order valence-electron chi connectivity index (χ0n) is 15.5. The maximum atomic E-state index is 12.5. The van der Waals surface area contributed by atoms with Crippen LogP contribution in [0.2, 0.25) is 0 Å². The minimum Gasteiger partial charge on any atom is -0.508 e. The number of carbonyl (C=O) groups is 1. The number of aromatic nitrogens is 1. The third-order valence-corrected chi connectivity index (χ3v) is 5.69. The van der Waals surface area contributed by atoms with Crippen molar-refractivity contribution < 1.29 is 15.0 Å². The van der Waals surface area contributed by atoms with Crippen molar-refractivity contribution in [2.45, 2.75) is 0 Å². The molecule has 4 aromatic rings. The summed E-state index contributed by atoms with van der Waals surface area (Å²) in [6.07, 6.45) is 0. The van der Waals surface area contributed by atoms with Crippen LogP contribution in [0.1, 0.15) is 10.4 Å². The molecule has 0 aliphatic rings. The zero-order valence-corrected chi connectivity index (χ0v) is 17.9. The van der Waals surface area contributed by atoms with Crippen LogP contribution in [0.15, 0.2) is 87.8 Å². The Balaban J connectivity index is 1.78. The number of benzene rings is 3. The Labute approximate surface area is 184 Å². The van der Waals surface area contributed by atoms with Crippen LogP contribution in [0.25, 0.3) is 16.9 Å². The van der Waals surface area contributed by atoms with Gasteiger partial charge in [-0.15, -0.1) is 16.4 Å². The van der Waals surface area contributed by atoms with E-state index < -0.39 is 5.91 Å².